The third kappa shape index (κ3) is 3.97. The van der Waals surface area contributed by atoms with Crippen LogP contribution in [0.2, 0.25) is 5.02 Å². The van der Waals surface area contributed by atoms with E-state index < -0.39 is 15.3 Å². The largest absolute Gasteiger partial charge is 0.381 e. The molecule has 0 atom stereocenters. The van der Waals surface area contributed by atoms with Gasteiger partial charge < -0.3 is 9.72 Å². The molecule has 7 nitrogen and oxygen atoms in total. The van der Waals surface area contributed by atoms with Crippen LogP contribution in [0.15, 0.2) is 82.7 Å². The minimum atomic E-state index is -3.80. The van der Waals surface area contributed by atoms with E-state index in [1.807, 2.05) is 48.5 Å². The van der Waals surface area contributed by atoms with Crippen LogP contribution in [0, 0.1) is 5.92 Å². The van der Waals surface area contributed by atoms with Gasteiger partial charge in [-0.25, -0.2) is 13.4 Å². The molecule has 0 radical (unpaired) electrons. The molecule has 1 fully saturated rings. The Morgan fingerprint density at radius 1 is 1.03 bits per heavy atom. The van der Waals surface area contributed by atoms with Gasteiger partial charge in [0.25, 0.3) is 0 Å². The molecule has 1 saturated heterocycles. The zero-order valence-electron chi connectivity index (χ0n) is 18.9. The molecule has 1 N–H and O–H groups in total. The van der Waals surface area contributed by atoms with Crippen molar-refractivity contribution in [3.8, 4) is 22.4 Å². The monoisotopic (exact) mass is 517 g/mol. The summed E-state index contributed by atoms with van der Waals surface area (Å²) in [5.41, 5.74) is 3.29. The normalized spacial score (nSPS) is 14.2. The first-order valence-corrected chi connectivity index (χ1v) is 13.4. The summed E-state index contributed by atoms with van der Waals surface area (Å²) >= 11 is 6.57. The minimum Gasteiger partial charge on any atom is -0.381 e. The van der Waals surface area contributed by atoms with Gasteiger partial charge in [0.15, 0.2) is 9.84 Å². The number of rotatable bonds is 5. The predicted octanol–water partition coefficient (Wildman–Crippen LogP) is 4.88. The van der Waals surface area contributed by atoms with Crippen LogP contribution in [0.4, 0.5) is 0 Å². The number of nitrogens with one attached hydrogen (secondary N) is 1. The lowest BCUT2D eigenvalue weighted by Gasteiger charge is -2.25. The molecule has 1 aliphatic heterocycles. The van der Waals surface area contributed by atoms with E-state index in [0.717, 1.165) is 16.5 Å². The van der Waals surface area contributed by atoms with Crippen LogP contribution < -0.4 is 5.43 Å². The fourth-order valence-corrected chi connectivity index (χ4v) is 6.38. The van der Waals surface area contributed by atoms with Crippen molar-refractivity contribution in [1.29, 1.82) is 0 Å². The number of hydrogen-bond acceptors (Lipinski definition) is 6. The maximum Gasteiger partial charge on any atom is 0.209 e. The molecule has 0 spiro atoms. The maximum atomic E-state index is 13.5. The van der Waals surface area contributed by atoms with Crippen LogP contribution in [-0.2, 0) is 14.6 Å². The molecule has 2 aromatic carbocycles. The molecule has 3 aromatic heterocycles. The molecule has 4 heterocycles. The number of nitrogens with zero attached hydrogens (tertiary/aromatic N) is 2. The Bertz CT molecular complexity index is 1800. The molecule has 6 rings (SSSR count). The van der Waals surface area contributed by atoms with Gasteiger partial charge in [-0.1, -0.05) is 48.0 Å². The number of halogens is 1. The molecule has 0 amide bonds. The number of sulfone groups is 1. The second-order valence-electron chi connectivity index (χ2n) is 8.85. The highest BCUT2D eigenvalue weighted by atomic mass is 35.5. The average molecular weight is 518 g/mol. The van der Waals surface area contributed by atoms with E-state index in [1.165, 1.54) is 6.20 Å². The number of pyridine rings is 3. The Morgan fingerprint density at radius 2 is 1.83 bits per heavy atom. The van der Waals surface area contributed by atoms with Gasteiger partial charge in [-0.2, -0.15) is 0 Å². The molecule has 1 aliphatic rings. The van der Waals surface area contributed by atoms with Crippen LogP contribution >= 0.6 is 11.6 Å². The second-order valence-corrected chi connectivity index (χ2v) is 11.3. The van der Waals surface area contributed by atoms with Crippen molar-refractivity contribution < 1.29 is 13.2 Å². The van der Waals surface area contributed by atoms with Crippen molar-refractivity contribution in [2.24, 2.45) is 5.92 Å². The molecule has 0 aliphatic carbocycles. The van der Waals surface area contributed by atoms with Gasteiger partial charge in [0.1, 0.15) is 10.5 Å². The third-order valence-corrected chi connectivity index (χ3v) is 8.52. The quantitative estimate of drug-likeness (QED) is 0.356. The number of H-pyrrole nitrogens is 1. The lowest BCUT2D eigenvalue weighted by Crippen LogP contribution is -2.35. The lowest BCUT2D eigenvalue weighted by molar-refractivity contribution is -0.0204. The first kappa shape index (κ1) is 22.8. The Kier molecular flexibility index (Phi) is 5.59. The van der Waals surface area contributed by atoms with Gasteiger partial charge in [-0.05, 0) is 29.8 Å². The topological polar surface area (TPSA) is 102 Å². The highest BCUT2D eigenvalue weighted by Crippen LogP contribution is 2.36. The van der Waals surface area contributed by atoms with Gasteiger partial charge >= 0.3 is 0 Å². The Labute approximate surface area is 211 Å². The zero-order valence-corrected chi connectivity index (χ0v) is 20.5. The molecule has 9 heteroatoms. The van der Waals surface area contributed by atoms with Crippen molar-refractivity contribution in [2.75, 3.05) is 19.0 Å². The van der Waals surface area contributed by atoms with Crippen molar-refractivity contribution in [3.63, 3.8) is 0 Å². The first-order valence-electron chi connectivity index (χ1n) is 11.4. The van der Waals surface area contributed by atoms with Gasteiger partial charge in [0.2, 0.25) is 5.43 Å². The van der Waals surface area contributed by atoms with E-state index in [1.54, 1.807) is 18.3 Å². The van der Waals surface area contributed by atoms with Crippen molar-refractivity contribution in [2.45, 2.75) is 4.90 Å². The summed E-state index contributed by atoms with van der Waals surface area (Å²) in [7, 11) is -3.80. The van der Waals surface area contributed by atoms with E-state index in [2.05, 4.69) is 9.97 Å². The van der Waals surface area contributed by atoms with Gasteiger partial charge in [-0.3, -0.25) is 9.78 Å². The fraction of sp³-hybridized carbons (Fsp3) is 0.148. The van der Waals surface area contributed by atoms with E-state index in [0.29, 0.717) is 40.7 Å². The number of benzene rings is 2. The third-order valence-electron chi connectivity index (χ3n) is 6.34. The van der Waals surface area contributed by atoms with E-state index in [4.69, 9.17) is 21.3 Å². The Hall–Kier alpha value is -3.59. The van der Waals surface area contributed by atoms with Gasteiger partial charge in [0.05, 0.1) is 40.6 Å². The fourth-order valence-electron chi connectivity index (χ4n) is 4.48. The van der Waals surface area contributed by atoms with Crippen LogP contribution in [0.25, 0.3) is 44.3 Å². The molecule has 0 bridgehead atoms. The smallest absolute Gasteiger partial charge is 0.209 e. The van der Waals surface area contributed by atoms with E-state index >= 15 is 0 Å². The first-order chi connectivity index (χ1) is 17.4. The summed E-state index contributed by atoms with van der Waals surface area (Å²) in [6.45, 7) is 0.767. The van der Waals surface area contributed by atoms with Gasteiger partial charge in [0, 0.05) is 34.8 Å². The Morgan fingerprint density at radius 3 is 2.58 bits per heavy atom. The molecule has 5 aromatic rings. The predicted molar refractivity (Wildman–Crippen MR) is 140 cm³/mol. The average Bonchev–Trinajstić information content (AvgIpc) is 2.86. The highest BCUT2D eigenvalue weighted by Gasteiger charge is 2.29. The number of aromatic nitrogens is 3. The minimum absolute atomic E-state index is 0.104. The zero-order chi connectivity index (χ0) is 24.9. The van der Waals surface area contributed by atoms with Crippen molar-refractivity contribution >= 4 is 43.4 Å². The number of aromatic amines is 1. The molecular weight excluding hydrogens is 498 g/mol. The van der Waals surface area contributed by atoms with E-state index in [-0.39, 0.29) is 22.0 Å². The maximum absolute atomic E-state index is 13.5. The van der Waals surface area contributed by atoms with Gasteiger partial charge in [-0.15, -0.1) is 0 Å². The highest BCUT2D eigenvalue weighted by molar-refractivity contribution is 7.91. The number of ether oxygens (including phenoxy) is 1. The summed E-state index contributed by atoms with van der Waals surface area (Å²) in [6.07, 6.45) is 2.93. The SMILES string of the molecule is O=c1c(S(=O)(=O)CC2COC2)c[nH]c2nc(-c3ccccc3)c(-c3cc(Cl)c4ncccc4c3)cc12. The van der Waals surface area contributed by atoms with Crippen LogP contribution in [0.1, 0.15) is 0 Å². The van der Waals surface area contributed by atoms with Crippen molar-refractivity contribution in [3.05, 3.63) is 88.3 Å². The summed E-state index contributed by atoms with van der Waals surface area (Å²) in [6, 6.07) is 18.8. The number of hydrogen-bond donors (Lipinski definition) is 1. The lowest BCUT2D eigenvalue weighted by atomic mass is 9.97. The summed E-state index contributed by atoms with van der Waals surface area (Å²) in [4.78, 5) is 25.3. The van der Waals surface area contributed by atoms with E-state index in [9.17, 15) is 13.2 Å². The number of fused-ring (bicyclic) bond motifs is 2. The van der Waals surface area contributed by atoms with Crippen LogP contribution in [0.5, 0.6) is 0 Å². The Balaban J connectivity index is 1.60. The van der Waals surface area contributed by atoms with Crippen LogP contribution in [-0.4, -0.2) is 42.3 Å². The van der Waals surface area contributed by atoms with Crippen molar-refractivity contribution in [1.82, 2.24) is 15.0 Å². The standard InChI is InChI=1S/C27H20ClN3O4S/c28-22-10-19(9-18-7-4-8-29-25(18)22)20-11-21-26(32)23(36(33,34)15-16-13-35-14-16)12-30-27(21)31-24(20)17-5-2-1-3-6-17/h1-12,16H,13-15H2,(H,30,31,32). The summed E-state index contributed by atoms with van der Waals surface area (Å²) < 4.78 is 31.1. The molecular formula is C27H20ClN3O4S. The van der Waals surface area contributed by atoms with Crippen LogP contribution in [0.3, 0.4) is 0 Å². The molecule has 36 heavy (non-hydrogen) atoms. The molecule has 0 saturated carbocycles. The second kappa shape index (κ2) is 8.81. The summed E-state index contributed by atoms with van der Waals surface area (Å²) in [5.74, 6) is -0.232. The molecule has 0 unspecified atom stereocenters. The summed E-state index contributed by atoms with van der Waals surface area (Å²) in [5, 5.41) is 1.50. The molecule has 180 valence electrons.